The molecule has 0 spiro atoms. The molecule has 7 heteroatoms. The lowest BCUT2D eigenvalue weighted by molar-refractivity contribution is -0.128. The highest BCUT2D eigenvalue weighted by Gasteiger charge is 2.30. The third-order valence-corrected chi connectivity index (χ3v) is 4.29. The van der Waals surface area contributed by atoms with E-state index in [4.69, 9.17) is 0 Å². The van der Waals surface area contributed by atoms with Crippen molar-refractivity contribution < 1.29 is 14.0 Å². The van der Waals surface area contributed by atoms with Gasteiger partial charge in [-0.05, 0) is 36.1 Å². The van der Waals surface area contributed by atoms with Crippen LogP contribution < -0.4 is 5.32 Å². The first kappa shape index (κ1) is 17.1. The number of H-pyrrole nitrogens is 1. The van der Waals surface area contributed by atoms with Crippen LogP contribution in [0.15, 0.2) is 36.7 Å². The van der Waals surface area contributed by atoms with Crippen LogP contribution in [0.5, 0.6) is 0 Å². The fourth-order valence-electron chi connectivity index (χ4n) is 3.00. The van der Waals surface area contributed by atoms with Crippen molar-refractivity contribution in [3.63, 3.8) is 0 Å². The fraction of sp³-hybridized carbons (Fsp3) is 0.389. The molecule has 6 nitrogen and oxygen atoms in total. The molecule has 1 aromatic heterocycles. The van der Waals surface area contributed by atoms with Gasteiger partial charge in [0.1, 0.15) is 5.82 Å². The zero-order chi connectivity index (χ0) is 17.6. The maximum atomic E-state index is 12.9. The number of likely N-dealkylation sites (tertiary alicyclic amines) is 1. The zero-order valence-corrected chi connectivity index (χ0v) is 13.9. The quantitative estimate of drug-likeness (QED) is 0.804. The number of carbonyl (C=O) groups is 2. The van der Waals surface area contributed by atoms with Crippen molar-refractivity contribution in [3.8, 4) is 0 Å². The lowest BCUT2D eigenvalue weighted by atomic mass is 10.1. The van der Waals surface area contributed by atoms with Gasteiger partial charge in [0, 0.05) is 32.1 Å². The van der Waals surface area contributed by atoms with Crippen LogP contribution in [0.25, 0.3) is 0 Å². The van der Waals surface area contributed by atoms with Crippen LogP contribution in [0.1, 0.15) is 30.4 Å². The molecule has 0 radical (unpaired) electrons. The topological polar surface area (TPSA) is 78.1 Å². The van der Waals surface area contributed by atoms with Gasteiger partial charge in [-0.15, -0.1) is 0 Å². The molecule has 2 N–H and O–H groups in total. The summed E-state index contributed by atoms with van der Waals surface area (Å²) in [6.07, 6.45) is 5.85. The van der Waals surface area contributed by atoms with E-state index in [0.29, 0.717) is 25.9 Å². The standard InChI is InChI=1S/C18H21FN4O2/c19-15-6-4-13(5-7-15)11-23-12-16(8-18(23)25)22-17(24)3-1-2-14-9-20-21-10-14/h4-7,9-10,16H,1-3,8,11-12H2,(H,20,21)(H,22,24)/t16-/m0/s1. The van der Waals surface area contributed by atoms with Crippen molar-refractivity contribution >= 4 is 11.8 Å². The number of hydrogen-bond donors (Lipinski definition) is 2. The first-order valence-corrected chi connectivity index (χ1v) is 8.39. The van der Waals surface area contributed by atoms with Crippen LogP contribution in [0.3, 0.4) is 0 Å². The minimum Gasteiger partial charge on any atom is -0.351 e. The molecule has 1 aliphatic rings. The molecule has 0 aliphatic carbocycles. The van der Waals surface area contributed by atoms with Crippen molar-refractivity contribution in [2.75, 3.05) is 6.54 Å². The maximum Gasteiger partial charge on any atom is 0.225 e. The Kier molecular flexibility index (Phi) is 5.42. The minimum absolute atomic E-state index is 0.00743. The molecule has 2 heterocycles. The summed E-state index contributed by atoms with van der Waals surface area (Å²) in [4.78, 5) is 25.8. The first-order valence-electron chi connectivity index (χ1n) is 8.39. The van der Waals surface area contributed by atoms with Gasteiger partial charge in [0.25, 0.3) is 0 Å². The number of aryl methyl sites for hydroxylation is 1. The van der Waals surface area contributed by atoms with Crippen molar-refractivity contribution in [3.05, 3.63) is 53.6 Å². The lowest BCUT2D eigenvalue weighted by Crippen LogP contribution is -2.36. The molecule has 1 atom stereocenters. The Morgan fingerprint density at radius 1 is 1.32 bits per heavy atom. The van der Waals surface area contributed by atoms with Crippen molar-refractivity contribution in [2.24, 2.45) is 0 Å². The number of amides is 2. The molecule has 0 bridgehead atoms. The number of carbonyl (C=O) groups excluding carboxylic acids is 2. The molecule has 1 aromatic carbocycles. The summed E-state index contributed by atoms with van der Waals surface area (Å²) in [6.45, 7) is 0.926. The maximum absolute atomic E-state index is 12.9. The summed E-state index contributed by atoms with van der Waals surface area (Å²) in [5, 5.41) is 9.54. The van der Waals surface area contributed by atoms with Crippen LogP contribution in [0.2, 0.25) is 0 Å². The minimum atomic E-state index is -0.294. The second kappa shape index (κ2) is 7.92. The Morgan fingerprint density at radius 2 is 2.12 bits per heavy atom. The Morgan fingerprint density at radius 3 is 2.84 bits per heavy atom. The molecule has 2 amide bonds. The van der Waals surface area contributed by atoms with Gasteiger partial charge in [0.2, 0.25) is 11.8 Å². The van der Waals surface area contributed by atoms with E-state index in [-0.39, 0.29) is 23.7 Å². The Bertz CT molecular complexity index is 715. The van der Waals surface area contributed by atoms with Crippen LogP contribution in [0.4, 0.5) is 4.39 Å². The number of aromatic nitrogens is 2. The Labute approximate surface area is 145 Å². The number of hydrogen-bond acceptors (Lipinski definition) is 3. The molecule has 132 valence electrons. The number of benzene rings is 1. The smallest absolute Gasteiger partial charge is 0.225 e. The summed E-state index contributed by atoms with van der Waals surface area (Å²) < 4.78 is 12.9. The zero-order valence-electron chi connectivity index (χ0n) is 13.9. The summed E-state index contributed by atoms with van der Waals surface area (Å²) in [7, 11) is 0. The van der Waals surface area contributed by atoms with Crippen molar-refractivity contribution in [1.29, 1.82) is 0 Å². The van der Waals surface area contributed by atoms with E-state index in [1.54, 1.807) is 23.2 Å². The van der Waals surface area contributed by atoms with Gasteiger partial charge < -0.3 is 10.2 Å². The predicted molar refractivity (Wildman–Crippen MR) is 89.9 cm³/mol. The predicted octanol–water partition coefficient (Wildman–Crippen LogP) is 1.79. The second-order valence-corrected chi connectivity index (χ2v) is 6.33. The highest BCUT2D eigenvalue weighted by Crippen LogP contribution is 2.16. The summed E-state index contributed by atoms with van der Waals surface area (Å²) >= 11 is 0. The summed E-state index contributed by atoms with van der Waals surface area (Å²) in [5.41, 5.74) is 1.95. The van der Waals surface area contributed by atoms with Crippen LogP contribution in [0, 0.1) is 5.82 Å². The lowest BCUT2D eigenvalue weighted by Gasteiger charge is -2.17. The number of nitrogens with one attached hydrogen (secondary N) is 2. The molecular weight excluding hydrogens is 323 g/mol. The third-order valence-electron chi connectivity index (χ3n) is 4.29. The molecule has 1 saturated heterocycles. The van der Waals surface area contributed by atoms with Crippen molar-refractivity contribution in [2.45, 2.75) is 38.3 Å². The van der Waals surface area contributed by atoms with E-state index in [1.165, 1.54) is 12.1 Å². The van der Waals surface area contributed by atoms with E-state index in [9.17, 15) is 14.0 Å². The molecule has 3 rings (SSSR count). The molecule has 1 fully saturated rings. The fourth-order valence-corrected chi connectivity index (χ4v) is 3.00. The van der Waals surface area contributed by atoms with Crippen molar-refractivity contribution in [1.82, 2.24) is 20.4 Å². The van der Waals surface area contributed by atoms with Gasteiger partial charge in [-0.25, -0.2) is 4.39 Å². The molecule has 2 aromatic rings. The van der Waals surface area contributed by atoms with Crippen LogP contribution in [-0.2, 0) is 22.6 Å². The summed E-state index contributed by atoms with van der Waals surface area (Å²) in [6, 6.07) is 5.95. The van der Waals surface area contributed by atoms with E-state index in [1.807, 2.05) is 6.20 Å². The van der Waals surface area contributed by atoms with Gasteiger partial charge in [-0.1, -0.05) is 12.1 Å². The first-order chi connectivity index (χ1) is 12.1. The molecular formula is C18H21FN4O2. The molecule has 25 heavy (non-hydrogen) atoms. The van der Waals surface area contributed by atoms with E-state index in [2.05, 4.69) is 15.5 Å². The van der Waals surface area contributed by atoms with Gasteiger partial charge in [-0.3, -0.25) is 14.7 Å². The van der Waals surface area contributed by atoms with Crippen LogP contribution in [-0.4, -0.2) is 39.5 Å². The monoisotopic (exact) mass is 344 g/mol. The molecule has 0 saturated carbocycles. The molecule has 0 unspecified atom stereocenters. The third kappa shape index (κ3) is 4.89. The van der Waals surface area contributed by atoms with E-state index in [0.717, 1.165) is 24.0 Å². The second-order valence-electron chi connectivity index (χ2n) is 6.33. The Hall–Kier alpha value is -2.70. The van der Waals surface area contributed by atoms with E-state index < -0.39 is 0 Å². The largest absolute Gasteiger partial charge is 0.351 e. The number of nitrogens with zero attached hydrogens (tertiary/aromatic N) is 2. The van der Waals surface area contributed by atoms with E-state index >= 15 is 0 Å². The number of rotatable bonds is 7. The average Bonchev–Trinajstić information content (AvgIpc) is 3.20. The SMILES string of the molecule is O=C(CCCc1cn[nH]c1)N[C@H]1CC(=O)N(Cc2ccc(F)cc2)C1. The number of halogens is 1. The highest BCUT2D eigenvalue weighted by atomic mass is 19.1. The van der Waals surface area contributed by atoms with Gasteiger partial charge in [0.15, 0.2) is 0 Å². The number of aromatic amines is 1. The average molecular weight is 344 g/mol. The van der Waals surface area contributed by atoms with Gasteiger partial charge in [-0.2, -0.15) is 5.10 Å². The van der Waals surface area contributed by atoms with Gasteiger partial charge in [0.05, 0.1) is 12.2 Å². The summed E-state index contributed by atoms with van der Waals surface area (Å²) in [5.74, 6) is -0.324. The van der Waals surface area contributed by atoms with Gasteiger partial charge >= 0.3 is 0 Å². The Balaban J connectivity index is 1.42. The van der Waals surface area contributed by atoms with Crippen LogP contribution >= 0.6 is 0 Å². The normalized spacial score (nSPS) is 17.1. The highest BCUT2D eigenvalue weighted by molar-refractivity contribution is 5.82. The molecule has 1 aliphatic heterocycles.